The van der Waals surface area contributed by atoms with Crippen LogP contribution in [-0.2, 0) is 13.1 Å². The highest BCUT2D eigenvalue weighted by molar-refractivity contribution is 14.1. The van der Waals surface area contributed by atoms with Crippen LogP contribution in [0.15, 0.2) is 60.7 Å². The van der Waals surface area contributed by atoms with E-state index in [-0.39, 0.29) is 69.5 Å². The lowest BCUT2D eigenvalue weighted by Crippen LogP contribution is -2.14. The molecule has 2 aromatic heterocycles. The lowest BCUT2D eigenvalue weighted by atomic mass is 10.1. The average Bonchev–Trinajstić information content (AvgIpc) is 3.63. The van der Waals surface area contributed by atoms with Crippen LogP contribution in [0.25, 0.3) is 44.8 Å². The van der Waals surface area contributed by atoms with E-state index in [1.807, 2.05) is 45.2 Å². The summed E-state index contributed by atoms with van der Waals surface area (Å²) in [5, 5.41) is 20.3. The minimum Gasteiger partial charge on any atom is -0.494 e. The second-order valence-corrected chi connectivity index (χ2v) is 13.2. The molecule has 0 radical (unpaired) electrons. The fraction of sp³-hybridized carbons (Fsp3) is 0.118. The van der Waals surface area contributed by atoms with Crippen molar-refractivity contribution in [1.29, 1.82) is 0 Å². The summed E-state index contributed by atoms with van der Waals surface area (Å²) < 4.78 is 16.0. The number of nitrogens with two attached hydrogens (primary N) is 2. The smallest absolute Gasteiger partial charge is 0.336 e. The zero-order valence-electron chi connectivity index (χ0n) is 26.2. The molecule has 16 heteroatoms. The van der Waals surface area contributed by atoms with E-state index >= 15 is 0 Å². The molecule has 6 rings (SSSR count). The molecular weight excluding hydrogens is 874 g/mol. The van der Waals surface area contributed by atoms with Crippen LogP contribution in [0.5, 0.6) is 11.5 Å². The summed E-state index contributed by atoms with van der Waals surface area (Å²) in [4.78, 5) is 59.2. The van der Waals surface area contributed by atoms with E-state index < -0.39 is 23.8 Å². The highest BCUT2D eigenvalue weighted by atomic mass is 127. The third-order valence-corrected chi connectivity index (χ3v) is 9.97. The summed E-state index contributed by atoms with van der Waals surface area (Å²) in [5.41, 5.74) is 13.8. The van der Waals surface area contributed by atoms with E-state index in [1.165, 1.54) is 38.5 Å². The van der Waals surface area contributed by atoms with E-state index in [0.29, 0.717) is 29.3 Å². The van der Waals surface area contributed by atoms with Gasteiger partial charge in [-0.1, -0.05) is 12.1 Å². The molecule has 2 heterocycles. The first-order chi connectivity index (χ1) is 23.9. The normalized spacial score (nSPS) is 11.2. The molecule has 0 aliphatic rings. The number of carbonyl (C=O) groups excluding carboxylic acids is 2. The van der Waals surface area contributed by atoms with Gasteiger partial charge in [-0.15, -0.1) is 0 Å². The van der Waals surface area contributed by atoms with Crippen molar-refractivity contribution in [3.05, 3.63) is 90.1 Å². The van der Waals surface area contributed by atoms with E-state index in [9.17, 15) is 29.4 Å². The second-order valence-electron chi connectivity index (χ2n) is 10.9. The van der Waals surface area contributed by atoms with Crippen LogP contribution in [0, 0.1) is 7.14 Å². The summed E-state index contributed by atoms with van der Waals surface area (Å²) in [6, 6.07) is 16.1. The van der Waals surface area contributed by atoms with Crippen molar-refractivity contribution in [3.8, 4) is 34.3 Å². The summed E-state index contributed by atoms with van der Waals surface area (Å²) >= 11 is 4.09. The number of carbonyl (C=O) groups is 4. The first kappa shape index (κ1) is 34.6. The van der Waals surface area contributed by atoms with Crippen molar-refractivity contribution in [3.63, 3.8) is 0 Å². The van der Waals surface area contributed by atoms with Crippen LogP contribution >= 0.6 is 45.2 Å². The molecule has 0 aliphatic heterocycles. The number of aromatic nitrogens is 4. The molecule has 0 unspecified atom stereocenters. The van der Waals surface area contributed by atoms with Gasteiger partial charge in [0.05, 0.1) is 47.5 Å². The maximum Gasteiger partial charge on any atom is 0.336 e. The van der Waals surface area contributed by atoms with Crippen molar-refractivity contribution >= 4 is 91.0 Å². The highest BCUT2D eigenvalue weighted by Crippen LogP contribution is 2.39. The van der Waals surface area contributed by atoms with E-state index in [2.05, 4.69) is 0 Å². The molecule has 0 fully saturated rings. The minimum atomic E-state index is -1.16. The Bertz CT molecular complexity index is 2250. The second kappa shape index (κ2) is 13.6. The number of primary amides is 2. The molecular formula is C34H26I2N6O8. The lowest BCUT2D eigenvalue weighted by molar-refractivity contribution is 0.0686. The van der Waals surface area contributed by atoms with Gasteiger partial charge in [0.25, 0.3) is 11.8 Å². The topological polar surface area (TPSA) is 215 Å². The van der Waals surface area contributed by atoms with Crippen LogP contribution in [0.4, 0.5) is 0 Å². The molecule has 6 N–H and O–H groups in total. The monoisotopic (exact) mass is 900 g/mol. The summed E-state index contributed by atoms with van der Waals surface area (Å²) in [6.45, 7) is 0.276. The Labute approximate surface area is 310 Å². The van der Waals surface area contributed by atoms with Crippen LogP contribution in [0.1, 0.15) is 41.4 Å². The third kappa shape index (κ3) is 5.76. The summed E-state index contributed by atoms with van der Waals surface area (Å²) in [7, 11) is 2.77. The van der Waals surface area contributed by atoms with Crippen LogP contribution in [0.2, 0.25) is 0 Å². The van der Waals surface area contributed by atoms with Crippen molar-refractivity contribution < 1.29 is 38.9 Å². The van der Waals surface area contributed by atoms with Crippen molar-refractivity contribution in [1.82, 2.24) is 19.1 Å². The van der Waals surface area contributed by atoms with Crippen molar-refractivity contribution in [2.45, 2.75) is 13.1 Å². The number of aryl methyl sites for hydroxylation is 2. The van der Waals surface area contributed by atoms with Gasteiger partial charge in [-0.25, -0.2) is 19.6 Å². The number of halogens is 2. The molecule has 0 spiro atoms. The maximum absolute atomic E-state index is 12.5. The molecule has 0 aliphatic carbocycles. The van der Waals surface area contributed by atoms with E-state index in [4.69, 9.17) is 30.9 Å². The number of benzene rings is 4. The fourth-order valence-electron chi connectivity index (χ4n) is 6.03. The Kier molecular flexibility index (Phi) is 9.40. The number of imidazole rings is 2. The van der Waals surface area contributed by atoms with Crippen molar-refractivity contribution in [2.24, 2.45) is 11.5 Å². The van der Waals surface area contributed by atoms with Gasteiger partial charge < -0.3 is 40.3 Å². The van der Waals surface area contributed by atoms with E-state index in [1.54, 1.807) is 45.5 Å². The average molecular weight is 900 g/mol. The molecule has 0 bridgehead atoms. The zero-order valence-corrected chi connectivity index (χ0v) is 30.5. The molecule has 6 aromatic rings. The SMILES string of the molecule is COc1c(C(N)=O)ccc2c1nc(-c1c(I)cccc1C(=O)O)n2CCn1c(-c2c(I)cccc2C(=O)O)nc2c(OC)c(C(N)=O)ccc21. The minimum absolute atomic E-state index is 0.00461. The fourth-order valence-corrected chi connectivity index (χ4v) is 7.51. The molecule has 0 atom stereocenters. The van der Waals surface area contributed by atoms with Gasteiger partial charge in [0.1, 0.15) is 22.7 Å². The number of carboxylic acids is 2. The Morgan fingerprint density at radius 3 is 1.34 bits per heavy atom. The van der Waals surface area contributed by atoms with Crippen LogP contribution in [0.3, 0.4) is 0 Å². The quantitative estimate of drug-likeness (QED) is 0.124. The Morgan fingerprint density at radius 1 is 0.640 bits per heavy atom. The van der Waals surface area contributed by atoms with Gasteiger partial charge >= 0.3 is 11.9 Å². The number of aromatic carboxylic acids is 2. The number of hydrogen-bond acceptors (Lipinski definition) is 8. The zero-order chi connectivity index (χ0) is 36.0. The first-order valence-electron chi connectivity index (χ1n) is 14.7. The molecule has 254 valence electrons. The molecule has 0 saturated carbocycles. The Balaban J connectivity index is 1.65. The number of ether oxygens (including phenoxy) is 2. The maximum atomic E-state index is 12.5. The van der Waals surface area contributed by atoms with Gasteiger partial charge in [0.2, 0.25) is 0 Å². The summed E-state index contributed by atoms with van der Waals surface area (Å²) in [6.07, 6.45) is 0. The number of methoxy groups -OCH3 is 2. The number of carboxylic acid groups (broad SMARTS) is 2. The van der Waals surface area contributed by atoms with E-state index in [0.717, 1.165) is 0 Å². The van der Waals surface area contributed by atoms with Gasteiger partial charge in [0, 0.05) is 31.4 Å². The van der Waals surface area contributed by atoms with Gasteiger partial charge in [-0.2, -0.15) is 0 Å². The Morgan fingerprint density at radius 2 is 1.02 bits per heavy atom. The van der Waals surface area contributed by atoms with Crippen molar-refractivity contribution in [2.75, 3.05) is 14.2 Å². The first-order valence-corrected chi connectivity index (χ1v) is 16.8. The predicted octanol–water partition coefficient (Wildman–Crippen LogP) is 5.24. The summed E-state index contributed by atoms with van der Waals surface area (Å²) in [5.74, 6) is -2.98. The van der Waals surface area contributed by atoms with Gasteiger partial charge in [0.15, 0.2) is 11.5 Å². The number of amides is 2. The Hall–Kier alpha value is -5.24. The largest absolute Gasteiger partial charge is 0.494 e. The molecule has 0 saturated heterocycles. The standard InChI is InChI=1S/C34H26I2N6O8/c1-49-27-17(29(37)43)9-11-21-25(27)39-31(23-15(33(45)46)5-3-7-19(23)35)41(21)13-14-42-22-12-10-18(30(38)44)28(50-2)26(22)40-32(42)24-16(34(47)48)6-4-8-20(24)36/h3-12H,13-14H2,1-2H3,(H2,37,43)(H2,38,44)(H,45,46)(H,47,48). The highest BCUT2D eigenvalue weighted by Gasteiger charge is 2.28. The number of nitrogens with zero attached hydrogens (tertiary/aromatic N) is 4. The van der Waals surface area contributed by atoms with Gasteiger partial charge in [-0.05, 0) is 93.7 Å². The van der Waals surface area contributed by atoms with Crippen LogP contribution in [-0.4, -0.2) is 67.3 Å². The molecule has 4 aromatic carbocycles. The van der Waals surface area contributed by atoms with Crippen LogP contribution < -0.4 is 20.9 Å². The molecule has 50 heavy (non-hydrogen) atoms. The number of rotatable bonds is 11. The number of hydrogen-bond donors (Lipinski definition) is 4. The molecule has 2 amide bonds. The number of fused-ring (bicyclic) bond motifs is 2. The third-order valence-electron chi connectivity index (χ3n) is 8.17. The lowest BCUT2D eigenvalue weighted by Gasteiger charge is -2.16. The molecule has 14 nitrogen and oxygen atoms in total. The van der Waals surface area contributed by atoms with Gasteiger partial charge in [-0.3, -0.25) is 9.59 Å². The predicted molar refractivity (Wildman–Crippen MR) is 200 cm³/mol.